The molecule has 0 radical (unpaired) electrons. The van der Waals surface area contributed by atoms with Gasteiger partial charge in [-0.1, -0.05) is 93.8 Å². The highest BCUT2D eigenvalue weighted by molar-refractivity contribution is 5.96. The Balaban J connectivity index is 1.13. The number of hydrogen-bond acceptors (Lipinski definition) is 3. The third-order valence-corrected chi connectivity index (χ3v) is 11.9. The molecule has 1 unspecified atom stereocenters. The maximum atomic E-state index is 13.4. The highest BCUT2D eigenvalue weighted by atomic mass is 16.5. The maximum Gasteiger partial charge on any atom is 0.163 e. The van der Waals surface area contributed by atoms with Crippen molar-refractivity contribution in [2.45, 2.75) is 116 Å². The van der Waals surface area contributed by atoms with E-state index in [0.717, 1.165) is 60.1 Å². The Morgan fingerprint density at radius 3 is 2.37 bits per heavy atom. The number of pyridine rings is 1. The molecule has 3 heteroatoms. The summed E-state index contributed by atoms with van der Waals surface area (Å²) in [5, 5.41) is 0. The van der Waals surface area contributed by atoms with Crippen molar-refractivity contribution in [3.05, 3.63) is 106 Å². The highest BCUT2D eigenvalue weighted by Crippen LogP contribution is 2.46. The second-order valence-corrected chi connectivity index (χ2v) is 15.5. The van der Waals surface area contributed by atoms with Crippen molar-refractivity contribution >= 4 is 5.78 Å². The summed E-state index contributed by atoms with van der Waals surface area (Å²) in [6.45, 7) is 9.27. The molecule has 2 aromatic carbocycles. The summed E-state index contributed by atoms with van der Waals surface area (Å²) in [5.74, 6) is 3.52. The molecule has 3 aromatic rings. The summed E-state index contributed by atoms with van der Waals surface area (Å²) in [4.78, 5) is 18.9. The Bertz CT molecular complexity index is 1490. The fraction of sp³-hybridized carbons (Fsp3) is 0.535. The number of ketones is 1. The molecule has 6 rings (SSSR count). The average molecular weight is 618 g/mol. The predicted molar refractivity (Wildman–Crippen MR) is 190 cm³/mol. The summed E-state index contributed by atoms with van der Waals surface area (Å²) in [6, 6.07) is 21.5. The number of carbonyl (C=O) groups excluding carboxylic acids is 1. The van der Waals surface area contributed by atoms with E-state index in [9.17, 15) is 4.79 Å². The monoisotopic (exact) mass is 617 g/mol. The van der Waals surface area contributed by atoms with Crippen molar-refractivity contribution in [3.8, 4) is 5.75 Å². The molecule has 3 nitrogen and oxygen atoms in total. The number of rotatable bonds is 9. The van der Waals surface area contributed by atoms with Gasteiger partial charge in [0.1, 0.15) is 5.75 Å². The van der Waals surface area contributed by atoms with Gasteiger partial charge < -0.3 is 4.74 Å². The summed E-state index contributed by atoms with van der Waals surface area (Å²) in [5.41, 5.74) is 8.59. The van der Waals surface area contributed by atoms with E-state index in [0.29, 0.717) is 24.7 Å². The van der Waals surface area contributed by atoms with E-state index in [-0.39, 0.29) is 11.2 Å². The van der Waals surface area contributed by atoms with Crippen molar-refractivity contribution in [1.82, 2.24) is 4.98 Å². The van der Waals surface area contributed by atoms with Crippen LogP contribution in [-0.2, 0) is 19.3 Å². The predicted octanol–water partition coefficient (Wildman–Crippen LogP) is 10.9. The first-order chi connectivity index (χ1) is 22.3. The minimum Gasteiger partial charge on any atom is -0.496 e. The lowest BCUT2D eigenvalue weighted by Gasteiger charge is -2.37. The van der Waals surface area contributed by atoms with E-state index in [1.807, 2.05) is 12.1 Å². The zero-order valence-electron chi connectivity index (χ0n) is 28.7. The zero-order valence-corrected chi connectivity index (χ0v) is 28.7. The normalized spacial score (nSPS) is 23.6. The molecule has 2 fully saturated rings. The number of ether oxygens (including phenoxy) is 1. The van der Waals surface area contributed by atoms with Gasteiger partial charge in [-0.15, -0.1) is 0 Å². The molecule has 0 spiro atoms. The Morgan fingerprint density at radius 2 is 1.63 bits per heavy atom. The zero-order chi connectivity index (χ0) is 32.1. The lowest BCUT2D eigenvalue weighted by Crippen LogP contribution is -2.26. The largest absolute Gasteiger partial charge is 0.496 e. The first kappa shape index (κ1) is 32.7. The first-order valence-corrected chi connectivity index (χ1v) is 18.2. The maximum absolute atomic E-state index is 13.4. The number of aromatic nitrogens is 1. The van der Waals surface area contributed by atoms with Crippen LogP contribution >= 0.6 is 0 Å². The van der Waals surface area contributed by atoms with Crippen molar-refractivity contribution in [1.29, 1.82) is 0 Å². The third-order valence-electron chi connectivity index (χ3n) is 11.9. The van der Waals surface area contributed by atoms with Gasteiger partial charge in [0, 0.05) is 41.3 Å². The summed E-state index contributed by atoms with van der Waals surface area (Å²) < 4.78 is 5.88. The van der Waals surface area contributed by atoms with Gasteiger partial charge in [0.25, 0.3) is 0 Å². The third kappa shape index (κ3) is 7.84. The molecule has 0 bridgehead atoms. The summed E-state index contributed by atoms with van der Waals surface area (Å²) >= 11 is 0. The van der Waals surface area contributed by atoms with E-state index in [1.54, 1.807) is 7.11 Å². The molecular weight excluding hydrogens is 562 g/mol. The number of carbonyl (C=O) groups is 1. The van der Waals surface area contributed by atoms with Crippen molar-refractivity contribution in [2.24, 2.45) is 23.2 Å². The number of benzene rings is 2. The number of methoxy groups -OCH3 is 1. The molecule has 2 saturated carbocycles. The molecule has 244 valence electrons. The van der Waals surface area contributed by atoms with Crippen molar-refractivity contribution in [2.75, 3.05) is 7.11 Å². The molecule has 0 amide bonds. The fourth-order valence-corrected chi connectivity index (χ4v) is 8.64. The smallest absolute Gasteiger partial charge is 0.163 e. The van der Waals surface area contributed by atoms with Crippen LogP contribution in [0.25, 0.3) is 0 Å². The van der Waals surface area contributed by atoms with E-state index >= 15 is 0 Å². The lowest BCUT2D eigenvalue weighted by atomic mass is 9.68. The summed E-state index contributed by atoms with van der Waals surface area (Å²) in [7, 11) is 1.72. The minimum absolute atomic E-state index is 0.164. The molecule has 46 heavy (non-hydrogen) atoms. The van der Waals surface area contributed by atoms with E-state index in [1.165, 1.54) is 80.2 Å². The average Bonchev–Trinajstić information content (AvgIpc) is 3.07. The van der Waals surface area contributed by atoms with Gasteiger partial charge in [-0.25, -0.2) is 0 Å². The first-order valence-electron chi connectivity index (χ1n) is 18.2. The second-order valence-electron chi connectivity index (χ2n) is 15.5. The van der Waals surface area contributed by atoms with Crippen LogP contribution in [0.5, 0.6) is 5.75 Å². The quantitative estimate of drug-likeness (QED) is 0.177. The molecular formula is C43H55NO2. The van der Waals surface area contributed by atoms with Gasteiger partial charge in [0.2, 0.25) is 0 Å². The van der Waals surface area contributed by atoms with Crippen LogP contribution in [0.1, 0.15) is 135 Å². The Kier molecular flexibility index (Phi) is 10.5. The number of nitrogens with zero attached hydrogens (tertiary/aromatic N) is 1. The topological polar surface area (TPSA) is 39.2 Å². The molecule has 3 aliphatic rings. The van der Waals surface area contributed by atoms with Gasteiger partial charge >= 0.3 is 0 Å². The highest BCUT2D eigenvalue weighted by Gasteiger charge is 2.34. The van der Waals surface area contributed by atoms with Crippen LogP contribution in [0.2, 0.25) is 0 Å². The SMILES string of the molecule is C=C1Cc2ccc(Cc3ccc(C(=O)CC4CCC(Cc5ccccc5)CC4)cc3OC)nc2C(C2CCCCC2)CCC1(C)C. The Labute approximate surface area is 278 Å². The van der Waals surface area contributed by atoms with E-state index in [2.05, 4.69) is 69.0 Å². The van der Waals surface area contributed by atoms with Gasteiger partial charge in [-0.2, -0.15) is 0 Å². The van der Waals surface area contributed by atoms with Crippen LogP contribution in [0.15, 0.2) is 72.8 Å². The van der Waals surface area contributed by atoms with Crippen molar-refractivity contribution in [3.63, 3.8) is 0 Å². The lowest BCUT2D eigenvalue weighted by molar-refractivity contribution is 0.0942. The van der Waals surface area contributed by atoms with Crippen molar-refractivity contribution < 1.29 is 9.53 Å². The molecule has 3 aliphatic carbocycles. The Morgan fingerprint density at radius 1 is 0.891 bits per heavy atom. The fourth-order valence-electron chi connectivity index (χ4n) is 8.64. The van der Waals surface area contributed by atoms with Gasteiger partial charge in [0.15, 0.2) is 5.78 Å². The standard InChI is InChI=1S/C43H55NO2/c1-30-25-37-21-22-38(44-42(37)39(23-24-43(30,2)3)34-13-9-6-10-14-34)28-36-20-19-35(29-41(36)46-4)40(45)27-33-17-15-32(16-18-33)26-31-11-7-5-8-12-31/h5,7-8,11-12,19-22,29,32-34,39H,1,6,9-10,13-18,23-28H2,2-4H3. The Hall–Kier alpha value is -3.20. The molecule has 0 aliphatic heterocycles. The van der Waals surface area contributed by atoms with Crippen LogP contribution in [0.4, 0.5) is 0 Å². The van der Waals surface area contributed by atoms with Crippen LogP contribution < -0.4 is 4.74 Å². The summed E-state index contributed by atoms with van der Waals surface area (Å²) in [6.07, 6.45) is 17.3. The van der Waals surface area contributed by atoms with Gasteiger partial charge in [-0.05, 0) is 111 Å². The number of allylic oxidation sites excluding steroid dienone is 1. The second kappa shape index (κ2) is 14.7. The molecule has 1 aromatic heterocycles. The van der Waals surface area contributed by atoms with Gasteiger partial charge in [-0.3, -0.25) is 9.78 Å². The molecule has 0 saturated heterocycles. The van der Waals surface area contributed by atoms with E-state index < -0.39 is 0 Å². The molecule has 1 heterocycles. The van der Waals surface area contributed by atoms with Crippen LogP contribution in [-0.4, -0.2) is 17.9 Å². The van der Waals surface area contributed by atoms with Crippen LogP contribution in [0.3, 0.4) is 0 Å². The number of hydrogen-bond donors (Lipinski definition) is 0. The van der Waals surface area contributed by atoms with Gasteiger partial charge in [0.05, 0.1) is 7.11 Å². The van der Waals surface area contributed by atoms with Crippen LogP contribution in [0, 0.1) is 23.2 Å². The molecule has 1 atom stereocenters. The van der Waals surface area contributed by atoms with E-state index in [4.69, 9.17) is 9.72 Å². The molecule has 0 N–H and O–H groups in total. The number of Topliss-reactive ketones (excluding diaryl/α,β-unsaturated/α-hetero) is 1. The minimum atomic E-state index is 0.164. The number of fused-ring (bicyclic) bond motifs is 1.